The number of hydrogen-bond acceptors (Lipinski definition) is 2. The van der Waals surface area contributed by atoms with Crippen LogP contribution in [-0.2, 0) is 12.8 Å². The lowest BCUT2D eigenvalue weighted by molar-refractivity contribution is 0.217. The minimum absolute atomic E-state index is 0.842. The number of hydrogen-bond donors (Lipinski definition) is 0. The molecule has 20 heavy (non-hydrogen) atoms. The Morgan fingerprint density at radius 3 is 1.75 bits per heavy atom. The molecule has 0 saturated heterocycles. The molecule has 2 heteroatoms. The second kappa shape index (κ2) is 5.67. The van der Waals surface area contributed by atoms with Crippen LogP contribution in [0.25, 0.3) is 0 Å². The molecule has 3 rings (SSSR count). The Balaban J connectivity index is 1.75. The van der Waals surface area contributed by atoms with Crippen LogP contribution in [0.5, 0.6) is 11.5 Å². The summed E-state index contributed by atoms with van der Waals surface area (Å²) in [6, 6.07) is 4.39. The largest absolute Gasteiger partial charge is 0.493 e. The molecule has 1 fully saturated rings. The molecule has 0 aromatic heterocycles. The zero-order valence-electron chi connectivity index (χ0n) is 12.9. The van der Waals surface area contributed by atoms with Crippen molar-refractivity contribution in [3.05, 3.63) is 23.3 Å². The molecule has 2 aliphatic carbocycles. The van der Waals surface area contributed by atoms with Crippen LogP contribution in [0.4, 0.5) is 0 Å². The van der Waals surface area contributed by atoms with Gasteiger partial charge in [0.15, 0.2) is 11.5 Å². The van der Waals surface area contributed by atoms with Crippen LogP contribution in [0.1, 0.15) is 43.7 Å². The Morgan fingerprint density at radius 2 is 1.30 bits per heavy atom. The van der Waals surface area contributed by atoms with Gasteiger partial charge in [-0.2, -0.15) is 0 Å². The summed E-state index contributed by atoms with van der Waals surface area (Å²) in [6.45, 7) is 2.40. The highest BCUT2D eigenvalue weighted by molar-refractivity contribution is 5.49. The average Bonchev–Trinajstić information content (AvgIpc) is 2.89. The Hall–Kier alpha value is -1.18. The zero-order valence-corrected chi connectivity index (χ0v) is 12.9. The van der Waals surface area contributed by atoms with Crippen molar-refractivity contribution in [2.24, 2.45) is 17.8 Å². The SMILES string of the molecule is COc1cc2c(cc1OC)CC(C1CCC(C)CC1)C2. The molecule has 1 aromatic carbocycles. The van der Waals surface area contributed by atoms with E-state index in [0.29, 0.717) is 0 Å². The predicted octanol–water partition coefficient (Wildman–Crippen LogP) is 4.24. The van der Waals surface area contributed by atoms with Gasteiger partial charge in [0, 0.05) is 0 Å². The Morgan fingerprint density at radius 1 is 0.800 bits per heavy atom. The van der Waals surface area contributed by atoms with Crippen molar-refractivity contribution in [2.75, 3.05) is 14.2 Å². The van der Waals surface area contributed by atoms with Gasteiger partial charge in [0.05, 0.1) is 14.2 Å². The lowest BCUT2D eigenvalue weighted by Gasteiger charge is -2.30. The van der Waals surface area contributed by atoms with Gasteiger partial charge in [0.25, 0.3) is 0 Å². The minimum Gasteiger partial charge on any atom is -0.493 e. The molecule has 110 valence electrons. The first-order valence-electron chi connectivity index (χ1n) is 7.95. The lowest BCUT2D eigenvalue weighted by Crippen LogP contribution is -2.21. The maximum absolute atomic E-state index is 5.43. The van der Waals surface area contributed by atoms with Gasteiger partial charge >= 0.3 is 0 Å². The molecule has 0 radical (unpaired) electrons. The molecule has 0 N–H and O–H groups in total. The molecule has 1 saturated carbocycles. The van der Waals surface area contributed by atoms with E-state index in [1.54, 1.807) is 14.2 Å². The number of rotatable bonds is 3. The average molecular weight is 274 g/mol. The highest BCUT2D eigenvalue weighted by atomic mass is 16.5. The summed E-state index contributed by atoms with van der Waals surface area (Å²) in [7, 11) is 3.44. The predicted molar refractivity (Wildman–Crippen MR) is 81.6 cm³/mol. The van der Waals surface area contributed by atoms with Crippen LogP contribution in [0.2, 0.25) is 0 Å². The van der Waals surface area contributed by atoms with E-state index in [1.165, 1.54) is 49.7 Å². The van der Waals surface area contributed by atoms with E-state index < -0.39 is 0 Å². The van der Waals surface area contributed by atoms with E-state index in [-0.39, 0.29) is 0 Å². The first-order valence-corrected chi connectivity index (χ1v) is 7.95. The molecule has 1 aromatic rings. The normalized spacial score (nSPS) is 26.4. The van der Waals surface area contributed by atoms with Crippen LogP contribution in [0, 0.1) is 17.8 Å². The van der Waals surface area contributed by atoms with Gasteiger partial charge in [-0.25, -0.2) is 0 Å². The van der Waals surface area contributed by atoms with Gasteiger partial charge in [0.2, 0.25) is 0 Å². The molecule has 0 bridgehead atoms. The molecule has 0 amide bonds. The highest BCUT2D eigenvalue weighted by Crippen LogP contribution is 2.43. The molecule has 0 atom stereocenters. The molecule has 0 aliphatic heterocycles. The fraction of sp³-hybridized carbons (Fsp3) is 0.667. The van der Waals surface area contributed by atoms with Crippen molar-refractivity contribution in [1.29, 1.82) is 0 Å². The molecule has 2 aliphatic rings. The Kier molecular flexibility index (Phi) is 3.91. The van der Waals surface area contributed by atoms with Crippen molar-refractivity contribution < 1.29 is 9.47 Å². The Bertz CT molecular complexity index is 440. The standard InChI is InChI=1S/C18H26O2/c1-12-4-6-13(7-5-12)14-8-15-10-17(19-2)18(20-3)11-16(15)9-14/h10-14H,4-9H2,1-3H3. The molecular weight excluding hydrogens is 248 g/mol. The van der Waals surface area contributed by atoms with Crippen LogP contribution in [-0.4, -0.2) is 14.2 Å². The van der Waals surface area contributed by atoms with Crippen LogP contribution in [0.15, 0.2) is 12.1 Å². The number of methoxy groups -OCH3 is 2. The highest BCUT2D eigenvalue weighted by Gasteiger charge is 2.31. The third kappa shape index (κ3) is 2.53. The van der Waals surface area contributed by atoms with E-state index in [1.807, 2.05) is 0 Å². The number of benzene rings is 1. The van der Waals surface area contributed by atoms with Gasteiger partial charge in [-0.05, 0) is 66.7 Å². The van der Waals surface area contributed by atoms with Gasteiger partial charge in [-0.15, -0.1) is 0 Å². The summed E-state index contributed by atoms with van der Waals surface area (Å²) in [4.78, 5) is 0. The topological polar surface area (TPSA) is 18.5 Å². The smallest absolute Gasteiger partial charge is 0.161 e. The van der Waals surface area contributed by atoms with Crippen molar-refractivity contribution in [3.8, 4) is 11.5 Å². The zero-order chi connectivity index (χ0) is 14.1. The summed E-state index contributed by atoms with van der Waals surface area (Å²) < 4.78 is 10.9. The number of ether oxygens (including phenoxy) is 2. The third-order valence-electron chi connectivity index (χ3n) is 5.40. The van der Waals surface area contributed by atoms with Crippen molar-refractivity contribution in [2.45, 2.75) is 45.4 Å². The number of fused-ring (bicyclic) bond motifs is 1. The second-order valence-corrected chi connectivity index (χ2v) is 6.66. The van der Waals surface area contributed by atoms with Crippen molar-refractivity contribution >= 4 is 0 Å². The van der Waals surface area contributed by atoms with Crippen LogP contribution in [0.3, 0.4) is 0 Å². The quantitative estimate of drug-likeness (QED) is 0.820. The van der Waals surface area contributed by atoms with E-state index in [2.05, 4.69) is 19.1 Å². The fourth-order valence-electron chi connectivity index (χ4n) is 4.07. The monoisotopic (exact) mass is 274 g/mol. The maximum atomic E-state index is 5.43. The summed E-state index contributed by atoms with van der Waals surface area (Å²) in [5.74, 6) is 4.47. The summed E-state index contributed by atoms with van der Waals surface area (Å²) in [5, 5.41) is 0. The van der Waals surface area contributed by atoms with E-state index in [4.69, 9.17) is 9.47 Å². The maximum Gasteiger partial charge on any atom is 0.161 e. The molecule has 0 spiro atoms. The van der Waals surface area contributed by atoms with Gasteiger partial charge in [-0.1, -0.05) is 19.8 Å². The minimum atomic E-state index is 0.842. The molecule has 2 nitrogen and oxygen atoms in total. The van der Waals surface area contributed by atoms with E-state index in [9.17, 15) is 0 Å². The first kappa shape index (κ1) is 13.8. The third-order valence-corrected chi connectivity index (χ3v) is 5.40. The van der Waals surface area contributed by atoms with E-state index >= 15 is 0 Å². The van der Waals surface area contributed by atoms with Gasteiger partial charge in [0.1, 0.15) is 0 Å². The van der Waals surface area contributed by atoms with Gasteiger partial charge < -0.3 is 9.47 Å². The second-order valence-electron chi connectivity index (χ2n) is 6.66. The van der Waals surface area contributed by atoms with Crippen molar-refractivity contribution in [1.82, 2.24) is 0 Å². The lowest BCUT2D eigenvalue weighted by atomic mass is 9.75. The fourth-order valence-corrected chi connectivity index (χ4v) is 4.07. The van der Waals surface area contributed by atoms with Crippen LogP contribution < -0.4 is 9.47 Å². The molecular formula is C18H26O2. The summed E-state index contributed by atoms with van der Waals surface area (Å²) in [5.41, 5.74) is 2.96. The Labute approximate surface area is 122 Å². The first-order chi connectivity index (χ1) is 9.71. The van der Waals surface area contributed by atoms with Crippen LogP contribution >= 0.6 is 0 Å². The van der Waals surface area contributed by atoms with Gasteiger partial charge in [-0.3, -0.25) is 0 Å². The van der Waals surface area contributed by atoms with Crippen molar-refractivity contribution in [3.63, 3.8) is 0 Å². The van der Waals surface area contributed by atoms with E-state index in [0.717, 1.165) is 29.3 Å². The molecule has 0 heterocycles. The summed E-state index contributed by atoms with van der Waals surface area (Å²) >= 11 is 0. The summed E-state index contributed by atoms with van der Waals surface area (Å²) in [6.07, 6.45) is 8.15. The molecule has 0 unspecified atom stereocenters.